The first kappa shape index (κ1) is 11.6. The molecule has 2 N–H and O–H groups in total. The number of carbonyl (C=O) groups excluding carboxylic acids is 2. The Kier molecular flexibility index (Phi) is 3.08. The van der Waals surface area contributed by atoms with Crippen LogP contribution in [0.4, 0.5) is 4.39 Å². The molecule has 0 aromatic heterocycles. The summed E-state index contributed by atoms with van der Waals surface area (Å²) in [4.78, 5) is 24.4. The zero-order valence-electron chi connectivity index (χ0n) is 9.28. The van der Waals surface area contributed by atoms with Gasteiger partial charge in [0.05, 0.1) is 5.56 Å². The molecule has 2 amide bonds. The molecule has 0 unspecified atom stereocenters. The van der Waals surface area contributed by atoms with Crippen LogP contribution in [0.25, 0.3) is 0 Å². The Morgan fingerprint density at radius 2 is 1.88 bits per heavy atom. The molecule has 0 spiro atoms. The topological polar surface area (TPSA) is 63.4 Å². The number of nitrogens with two attached hydrogens (primary N) is 1. The molecule has 0 bridgehead atoms. The van der Waals surface area contributed by atoms with E-state index >= 15 is 0 Å². The van der Waals surface area contributed by atoms with Gasteiger partial charge in [-0.25, -0.2) is 4.39 Å². The number of benzene rings is 1. The Morgan fingerprint density at radius 3 is 2.41 bits per heavy atom. The number of primary amides is 1. The first-order valence-electron chi connectivity index (χ1n) is 5.48. The van der Waals surface area contributed by atoms with Crippen molar-refractivity contribution >= 4 is 11.8 Å². The smallest absolute Gasteiger partial charge is 0.253 e. The summed E-state index contributed by atoms with van der Waals surface area (Å²) in [6, 6.07) is 3.76. The monoisotopic (exact) mass is 236 g/mol. The molecule has 1 heterocycles. The number of carbonyl (C=O) groups is 2. The van der Waals surface area contributed by atoms with Crippen molar-refractivity contribution in [1.82, 2.24) is 4.90 Å². The molecule has 1 aliphatic rings. The Labute approximate surface area is 98.2 Å². The maximum atomic E-state index is 13.5. The molecule has 0 saturated carbocycles. The summed E-state index contributed by atoms with van der Waals surface area (Å²) in [5.41, 5.74) is 5.06. The predicted molar refractivity (Wildman–Crippen MR) is 60.1 cm³/mol. The lowest BCUT2D eigenvalue weighted by Gasteiger charge is -2.15. The van der Waals surface area contributed by atoms with Crippen LogP contribution >= 0.6 is 0 Å². The maximum absolute atomic E-state index is 13.5. The van der Waals surface area contributed by atoms with Crippen molar-refractivity contribution < 1.29 is 14.0 Å². The summed E-state index contributed by atoms with van der Waals surface area (Å²) in [6.07, 6.45) is 1.96. The Morgan fingerprint density at radius 1 is 1.24 bits per heavy atom. The van der Waals surface area contributed by atoms with Crippen LogP contribution in [0.2, 0.25) is 0 Å². The van der Waals surface area contributed by atoms with Gasteiger partial charge in [-0.15, -0.1) is 0 Å². The first-order valence-corrected chi connectivity index (χ1v) is 5.48. The minimum atomic E-state index is -0.831. The highest BCUT2D eigenvalue weighted by atomic mass is 19.1. The number of hydrogen-bond donors (Lipinski definition) is 1. The zero-order valence-corrected chi connectivity index (χ0v) is 9.28. The fourth-order valence-electron chi connectivity index (χ4n) is 1.95. The standard InChI is InChI=1S/C12H13FN2O2/c13-10-7-8(3-4-9(10)11(14)16)12(17)15-5-1-2-6-15/h3-4,7H,1-2,5-6H2,(H2,14,16). The van der Waals surface area contributed by atoms with Gasteiger partial charge in [-0.2, -0.15) is 0 Å². The molecular formula is C12H13FN2O2. The quantitative estimate of drug-likeness (QED) is 0.837. The van der Waals surface area contributed by atoms with Gasteiger partial charge in [-0.3, -0.25) is 9.59 Å². The third kappa shape index (κ3) is 2.27. The highest BCUT2D eigenvalue weighted by molar-refractivity contribution is 5.97. The molecule has 1 saturated heterocycles. The van der Waals surface area contributed by atoms with Crippen LogP contribution in [0.1, 0.15) is 33.6 Å². The van der Waals surface area contributed by atoms with Crippen LogP contribution in [-0.4, -0.2) is 29.8 Å². The average molecular weight is 236 g/mol. The van der Waals surface area contributed by atoms with Crippen LogP contribution in [-0.2, 0) is 0 Å². The molecule has 0 atom stereocenters. The van der Waals surface area contributed by atoms with Crippen molar-refractivity contribution in [2.45, 2.75) is 12.8 Å². The fourth-order valence-corrected chi connectivity index (χ4v) is 1.95. The molecule has 17 heavy (non-hydrogen) atoms. The van der Waals surface area contributed by atoms with Gasteiger partial charge in [0.15, 0.2) is 0 Å². The second kappa shape index (κ2) is 4.53. The molecule has 2 rings (SSSR count). The van der Waals surface area contributed by atoms with Crippen LogP contribution in [0.5, 0.6) is 0 Å². The third-order valence-corrected chi connectivity index (χ3v) is 2.87. The van der Waals surface area contributed by atoms with Gasteiger partial charge in [0, 0.05) is 18.7 Å². The molecular weight excluding hydrogens is 223 g/mol. The minimum absolute atomic E-state index is 0.192. The lowest BCUT2D eigenvalue weighted by atomic mass is 10.1. The molecule has 0 radical (unpaired) electrons. The van der Waals surface area contributed by atoms with Crippen LogP contribution in [0, 0.1) is 5.82 Å². The number of amides is 2. The summed E-state index contributed by atoms with van der Waals surface area (Å²) in [5.74, 6) is -1.78. The van der Waals surface area contributed by atoms with Gasteiger partial charge in [0.2, 0.25) is 0 Å². The minimum Gasteiger partial charge on any atom is -0.366 e. The number of hydrogen-bond acceptors (Lipinski definition) is 2. The van der Waals surface area contributed by atoms with E-state index in [1.54, 1.807) is 4.90 Å². The average Bonchev–Trinajstić information content (AvgIpc) is 2.80. The second-order valence-corrected chi connectivity index (χ2v) is 4.06. The zero-order chi connectivity index (χ0) is 12.4. The van der Waals surface area contributed by atoms with E-state index in [9.17, 15) is 14.0 Å². The summed E-state index contributed by atoms with van der Waals surface area (Å²) in [6.45, 7) is 1.41. The van der Waals surface area contributed by atoms with Gasteiger partial charge in [-0.05, 0) is 31.0 Å². The van der Waals surface area contributed by atoms with Gasteiger partial charge in [-0.1, -0.05) is 0 Å². The van der Waals surface area contributed by atoms with E-state index in [2.05, 4.69) is 0 Å². The summed E-state index contributed by atoms with van der Waals surface area (Å²) in [5, 5.41) is 0. The largest absolute Gasteiger partial charge is 0.366 e. The maximum Gasteiger partial charge on any atom is 0.253 e. The molecule has 1 fully saturated rings. The van der Waals surface area contributed by atoms with E-state index in [1.807, 2.05) is 0 Å². The van der Waals surface area contributed by atoms with Gasteiger partial charge in [0.25, 0.3) is 11.8 Å². The molecule has 5 heteroatoms. The van der Waals surface area contributed by atoms with Crippen molar-refractivity contribution in [1.29, 1.82) is 0 Å². The highest BCUT2D eigenvalue weighted by Gasteiger charge is 2.20. The summed E-state index contributed by atoms with van der Waals surface area (Å²) in [7, 11) is 0. The predicted octanol–water partition coefficient (Wildman–Crippen LogP) is 1.16. The SMILES string of the molecule is NC(=O)c1ccc(C(=O)N2CCCC2)cc1F. The van der Waals surface area contributed by atoms with Crippen LogP contribution in [0.15, 0.2) is 18.2 Å². The van der Waals surface area contributed by atoms with E-state index in [4.69, 9.17) is 5.73 Å². The van der Waals surface area contributed by atoms with Crippen LogP contribution in [0.3, 0.4) is 0 Å². The van der Waals surface area contributed by atoms with Crippen molar-refractivity contribution in [2.24, 2.45) is 5.73 Å². The number of rotatable bonds is 2. The van der Waals surface area contributed by atoms with Crippen molar-refractivity contribution in [2.75, 3.05) is 13.1 Å². The third-order valence-electron chi connectivity index (χ3n) is 2.87. The molecule has 1 aromatic rings. The van der Waals surface area contributed by atoms with E-state index < -0.39 is 11.7 Å². The lowest BCUT2D eigenvalue weighted by Crippen LogP contribution is -2.27. The van der Waals surface area contributed by atoms with Crippen molar-refractivity contribution in [3.8, 4) is 0 Å². The van der Waals surface area contributed by atoms with E-state index in [-0.39, 0.29) is 17.0 Å². The van der Waals surface area contributed by atoms with Gasteiger partial charge >= 0.3 is 0 Å². The Hall–Kier alpha value is -1.91. The number of likely N-dealkylation sites (tertiary alicyclic amines) is 1. The molecule has 0 aliphatic carbocycles. The molecule has 90 valence electrons. The molecule has 4 nitrogen and oxygen atoms in total. The fraction of sp³-hybridized carbons (Fsp3) is 0.333. The van der Waals surface area contributed by atoms with Crippen molar-refractivity contribution in [3.05, 3.63) is 35.1 Å². The normalized spacial score (nSPS) is 15.0. The van der Waals surface area contributed by atoms with E-state index in [1.165, 1.54) is 12.1 Å². The number of nitrogens with zero attached hydrogens (tertiary/aromatic N) is 1. The molecule has 1 aliphatic heterocycles. The summed E-state index contributed by atoms with van der Waals surface area (Å²) < 4.78 is 13.5. The van der Waals surface area contributed by atoms with Gasteiger partial charge < -0.3 is 10.6 Å². The Bertz CT molecular complexity index is 468. The lowest BCUT2D eigenvalue weighted by molar-refractivity contribution is 0.0791. The second-order valence-electron chi connectivity index (χ2n) is 4.06. The van der Waals surface area contributed by atoms with Crippen LogP contribution < -0.4 is 5.73 Å². The van der Waals surface area contributed by atoms with Gasteiger partial charge in [0.1, 0.15) is 5.82 Å². The summed E-state index contributed by atoms with van der Waals surface area (Å²) >= 11 is 0. The molecule has 1 aromatic carbocycles. The van der Waals surface area contributed by atoms with Crippen molar-refractivity contribution in [3.63, 3.8) is 0 Å². The van der Waals surface area contributed by atoms with E-state index in [0.717, 1.165) is 18.9 Å². The van der Waals surface area contributed by atoms with E-state index in [0.29, 0.717) is 13.1 Å². The number of halogens is 1. The first-order chi connectivity index (χ1) is 8.09. The highest BCUT2D eigenvalue weighted by Crippen LogP contribution is 2.15. The Balaban J connectivity index is 2.25.